The summed E-state index contributed by atoms with van der Waals surface area (Å²) in [6.45, 7) is 4.92. The Hall–Kier alpha value is -1.66. The number of esters is 1. The van der Waals surface area contributed by atoms with E-state index >= 15 is 0 Å². The number of aliphatic hydroxyl groups excluding tert-OH is 2. The van der Waals surface area contributed by atoms with Crippen molar-refractivity contribution >= 4 is 11.9 Å². The van der Waals surface area contributed by atoms with Gasteiger partial charge in [-0.05, 0) is 57.8 Å². The first-order valence-corrected chi connectivity index (χ1v) is 32.1. The van der Waals surface area contributed by atoms with Crippen molar-refractivity contribution in [3.63, 3.8) is 0 Å². The summed E-state index contributed by atoms with van der Waals surface area (Å²) in [4.78, 5) is 24.4. The van der Waals surface area contributed by atoms with Gasteiger partial charge in [0, 0.05) is 12.8 Å². The molecule has 0 aromatic heterocycles. The van der Waals surface area contributed by atoms with Crippen molar-refractivity contribution < 1.29 is 24.5 Å². The molecule has 0 heterocycles. The van der Waals surface area contributed by atoms with Gasteiger partial charge in [-0.1, -0.05) is 308 Å². The zero-order valence-corrected chi connectivity index (χ0v) is 48.0. The summed E-state index contributed by atoms with van der Waals surface area (Å²) in [6, 6.07) is -0.625. The van der Waals surface area contributed by atoms with Gasteiger partial charge < -0.3 is 20.3 Å². The SMILES string of the molecule is CCCCCCCCCCCCC/C=C/C(O)C(CO)NC(=O)CCCCCCCCCCCCCCCC/C=C\CCCCCCCCCCCCCCOC(=O)CCCCCCCCCCCCC. The van der Waals surface area contributed by atoms with Gasteiger partial charge in [0.15, 0.2) is 0 Å². The normalized spacial score (nSPS) is 12.7. The second-order valence-corrected chi connectivity index (χ2v) is 22.1. The number of amides is 1. The third-order valence-corrected chi connectivity index (χ3v) is 15.0. The first-order chi connectivity index (χ1) is 35.0. The van der Waals surface area contributed by atoms with Crippen LogP contribution in [-0.4, -0.2) is 47.4 Å². The van der Waals surface area contributed by atoms with Crippen LogP contribution in [0.15, 0.2) is 24.3 Å². The maximum absolute atomic E-state index is 12.4. The fourth-order valence-electron chi connectivity index (χ4n) is 10.0. The molecular weight excluding hydrogens is 875 g/mol. The van der Waals surface area contributed by atoms with Crippen molar-refractivity contribution in [3.8, 4) is 0 Å². The lowest BCUT2D eigenvalue weighted by Gasteiger charge is -2.20. The maximum atomic E-state index is 12.4. The topological polar surface area (TPSA) is 95.9 Å². The molecule has 0 aromatic carbocycles. The van der Waals surface area contributed by atoms with E-state index in [0.29, 0.717) is 19.4 Å². The quantitative estimate of drug-likeness (QED) is 0.0320. The number of hydrogen-bond acceptors (Lipinski definition) is 5. The Morgan fingerprint density at radius 1 is 0.380 bits per heavy atom. The molecule has 0 aliphatic rings. The monoisotopic (exact) mass is 1000 g/mol. The first-order valence-electron chi connectivity index (χ1n) is 32.1. The third-order valence-electron chi connectivity index (χ3n) is 15.0. The number of hydrogen-bond donors (Lipinski definition) is 3. The van der Waals surface area contributed by atoms with E-state index in [1.807, 2.05) is 6.08 Å². The Kier molecular flexibility index (Phi) is 59.5. The standard InChI is InChI=1S/C65H125NO5/c1-3-5-7-9-11-13-15-34-38-41-45-49-53-57-63(68)62(61-67)66-64(69)58-54-50-46-42-39-35-32-30-28-26-24-22-20-18-16-17-19-21-23-25-27-29-31-33-36-40-44-48-52-56-60-71-65(70)59-55-51-47-43-37-14-12-10-8-6-4-2/h17,19,53,57,62-63,67-68H,3-16,18,20-52,54-56,58-61H2,1-2H3,(H,66,69)/b19-17-,57-53+. The first kappa shape index (κ1) is 69.3. The minimum absolute atomic E-state index is 0.0167. The molecule has 0 aliphatic heterocycles. The highest BCUT2D eigenvalue weighted by atomic mass is 16.5. The van der Waals surface area contributed by atoms with Crippen molar-refractivity contribution in [2.45, 2.75) is 366 Å². The number of carbonyl (C=O) groups is 2. The molecule has 0 radical (unpaired) electrons. The minimum atomic E-state index is -0.842. The zero-order chi connectivity index (χ0) is 51.4. The van der Waals surface area contributed by atoms with Crippen LogP contribution in [0.3, 0.4) is 0 Å². The van der Waals surface area contributed by atoms with Crippen molar-refractivity contribution in [2.24, 2.45) is 0 Å². The van der Waals surface area contributed by atoms with Gasteiger partial charge in [-0.3, -0.25) is 9.59 Å². The minimum Gasteiger partial charge on any atom is -0.466 e. The van der Waals surface area contributed by atoms with Crippen LogP contribution in [0.4, 0.5) is 0 Å². The summed E-state index contributed by atoms with van der Waals surface area (Å²) in [5.41, 5.74) is 0. The van der Waals surface area contributed by atoms with Crippen LogP contribution in [0.1, 0.15) is 354 Å². The Morgan fingerprint density at radius 2 is 0.662 bits per heavy atom. The second kappa shape index (κ2) is 60.9. The van der Waals surface area contributed by atoms with E-state index in [-0.39, 0.29) is 18.5 Å². The summed E-state index contributed by atoms with van der Waals surface area (Å²) in [6.07, 6.45) is 75.3. The van der Waals surface area contributed by atoms with Gasteiger partial charge in [-0.25, -0.2) is 0 Å². The highest BCUT2D eigenvalue weighted by molar-refractivity contribution is 5.76. The predicted octanol–water partition coefficient (Wildman–Crippen LogP) is 20.2. The van der Waals surface area contributed by atoms with Crippen LogP contribution in [0, 0.1) is 0 Å². The second-order valence-electron chi connectivity index (χ2n) is 22.1. The summed E-state index contributed by atoms with van der Waals surface area (Å²) in [5.74, 6) is -0.0487. The van der Waals surface area contributed by atoms with E-state index in [0.717, 1.165) is 38.5 Å². The molecule has 0 spiro atoms. The number of nitrogens with one attached hydrogen (secondary N) is 1. The lowest BCUT2D eigenvalue weighted by molar-refractivity contribution is -0.143. The highest BCUT2D eigenvalue weighted by Gasteiger charge is 2.18. The smallest absolute Gasteiger partial charge is 0.305 e. The van der Waals surface area contributed by atoms with Crippen LogP contribution in [0.25, 0.3) is 0 Å². The summed E-state index contributed by atoms with van der Waals surface area (Å²) in [7, 11) is 0. The van der Waals surface area contributed by atoms with Crippen molar-refractivity contribution in [2.75, 3.05) is 13.2 Å². The molecule has 1 amide bonds. The van der Waals surface area contributed by atoms with Gasteiger partial charge in [-0.15, -0.1) is 0 Å². The van der Waals surface area contributed by atoms with E-state index in [1.54, 1.807) is 6.08 Å². The number of allylic oxidation sites excluding steroid dienone is 3. The van der Waals surface area contributed by atoms with Crippen molar-refractivity contribution in [3.05, 3.63) is 24.3 Å². The van der Waals surface area contributed by atoms with Gasteiger partial charge in [0.2, 0.25) is 5.91 Å². The van der Waals surface area contributed by atoms with Gasteiger partial charge in [0.1, 0.15) is 0 Å². The third kappa shape index (κ3) is 57.5. The summed E-state index contributed by atoms with van der Waals surface area (Å²) < 4.78 is 5.47. The molecule has 0 aliphatic carbocycles. The van der Waals surface area contributed by atoms with Gasteiger partial charge in [0.05, 0.1) is 25.4 Å². The Bertz CT molecular complexity index is 1110. The van der Waals surface area contributed by atoms with E-state index in [4.69, 9.17) is 4.74 Å². The molecule has 0 saturated heterocycles. The van der Waals surface area contributed by atoms with Crippen molar-refractivity contribution in [1.29, 1.82) is 0 Å². The molecule has 6 heteroatoms. The van der Waals surface area contributed by atoms with E-state index in [2.05, 4.69) is 31.3 Å². The Labute approximate surface area is 443 Å². The van der Waals surface area contributed by atoms with E-state index < -0.39 is 12.1 Å². The van der Waals surface area contributed by atoms with E-state index in [9.17, 15) is 19.8 Å². The lowest BCUT2D eigenvalue weighted by atomic mass is 10.0. The van der Waals surface area contributed by atoms with Crippen LogP contribution in [0.2, 0.25) is 0 Å². The number of rotatable bonds is 60. The molecule has 0 aromatic rings. The van der Waals surface area contributed by atoms with Crippen molar-refractivity contribution in [1.82, 2.24) is 5.32 Å². The van der Waals surface area contributed by atoms with Gasteiger partial charge in [0.25, 0.3) is 0 Å². The van der Waals surface area contributed by atoms with Gasteiger partial charge >= 0.3 is 5.97 Å². The van der Waals surface area contributed by atoms with Crippen LogP contribution in [0.5, 0.6) is 0 Å². The molecule has 0 rings (SSSR count). The lowest BCUT2D eigenvalue weighted by Crippen LogP contribution is -2.45. The molecule has 2 atom stereocenters. The van der Waals surface area contributed by atoms with Crippen LogP contribution in [-0.2, 0) is 14.3 Å². The molecular formula is C65H125NO5. The Balaban J connectivity index is 3.37. The number of carbonyl (C=O) groups excluding carboxylic acids is 2. The molecule has 2 unspecified atom stereocenters. The highest BCUT2D eigenvalue weighted by Crippen LogP contribution is 2.18. The molecule has 71 heavy (non-hydrogen) atoms. The zero-order valence-electron chi connectivity index (χ0n) is 48.0. The number of ether oxygens (including phenoxy) is 1. The molecule has 420 valence electrons. The fourth-order valence-corrected chi connectivity index (χ4v) is 10.0. The summed E-state index contributed by atoms with van der Waals surface area (Å²) >= 11 is 0. The molecule has 3 N–H and O–H groups in total. The molecule has 6 nitrogen and oxygen atoms in total. The van der Waals surface area contributed by atoms with Crippen LogP contribution < -0.4 is 5.32 Å². The molecule has 0 saturated carbocycles. The average Bonchev–Trinajstić information content (AvgIpc) is 3.37. The largest absolute Gasteiger partial charge is 0.466 e. The maximum Gasteiger partial charge on any atom is 0.305 e. The number of unbranched alkanes of at least 4 members (excludes halogenated alkanes) is 47. The van der Waals surface area contributed by atoms with Gasteiger partial charge in [-0.2, -0.15) is 0 Å². The Morgan fingerprint density at radius 3 is 1.00 bits per heavy atom. The van der Waals surface area contributed by atoms with E-state index in [1.165, 1.54) is 289 Å². The fraction of sp³-hybridized carbons (Fsp3) is 0.908. The number of aliphatic hydroxyl groups is 2. The van der Waals surface area contributed by atoms with Crippen LogP contribution >= 0.6 is 0 Å². The average molecular weight is 1000 g/mol. The predicted molar refractivity (Wildman–Crippen MR) is 310 cm³/mol. The molecule has 0 fully saturated rings. The summed E-state index contributed by atoms with van der Waals surface area (Å²) in [5, 5.41) is 23.1. The molecule has 0 bridgehead atoms.